The van der Waals surface area contributed by atoms with Crippen LogP contribution >= 0.6 is 0 Å². The van der Waals surface area contributed by atoms with Gasteiger partial charge in [-0.05, 0) is 51.0 Å². The summed E-state index contributed by atoms with van der Waals surface area (Å²) in [7, 11) is 2.15. The lowest BCUT2D eigenvalue weighted by Crippen LogP contribution is -2.50. The molecule has 3 N–H and O–H groups in total. The first-order valence-electron chi connectivity index (χ1n) is 10.2. The molecule has 0 amide bonds. The van der Waals surface area contributed by atoms with Gasteiger partial charge in [-0.25, -0.2) is 4.98 Å². The highest BCUT2D eigenvalue weighted by Crippen LogP contribution is 2.36. The van der Waals surface area contributed by atoms with Crippen molar-refractivity contribution in [2.45, 2.75) is 49.5 Å². The maximum atomic E-state index is 10.6. The van der Waals surface area contributed by atoms with Crippen molar-refractivity contribution in [3.63, 3.8) is 0 Å². The van der Waals surface area contributed by atoms with Crippen LogP contribution in [-0.4, -0.2) is 90.8 Å². The number of pyridine rings is 1. The summed E-state index contributed by atoms with van der Waals surface area (Å²) < 4.78 is 5.41. The van der Waals surface area contributed by atoms with Crippen LogP contribution in [0.5, 0.6) is 0 Å². The van der Waals surface area contributed by atoms with Crippen LogP contribution in [0, 0.1) is 0 Å². The van der Waals surface area contributed by atoms with Crippen LogP contribution in [0.25, 0.3) is 0 Å². The number of hydrogen-bond acceptors (Lipinski definition) is 7. The lowest BCUT2D eigenvalue weighted by Gasteiger charge is -2.34. The average Bonchev–Trinajstić information content (AvgIpc) is 2.99. The predicted molar refractivity (Wildman–Crippen MR) is 104 cm³/mol. The van der Waals surface area contributed by atoms with Gasteiger partial charge in [-0.3, -0.25) is 0 Å². The summed E-state index contributed by atoms with van der Waals surface area (Å²) >= 11 is 0. The molecule has 7 nitrogen and oxygen atoms in total. The third-order valence-electron chi connectivity index (χ3n) is 6.37. The maximum absolute atomic E-state index is 10.6. The van der Waals surface area contributed by atoms with E-state index in [4.69, 9.17) is 4.74 Å². The van der Waals surface area contributed by atoms with Crippen molar-refractivity contribution in [2.75, 3.05) is 51.3 Å². The molecule has 3 aliphatic rings. The van der Waals surface area contributed by atoms with E-state index >= 15 is 0 Å². The molecule has 0 spiro atoms. The lowest BCUT2D eigenvalue weighted by atomic mass is 9.93. The van der Waals surface area contributed by atoms with Gasteiger partial charge in [0.1, 0.15) is 5.82 Å². The van der Waals surface area contributed by atoms with Gasteiger partial charge in [0.25, 0.3) is 0 Å². The van der Waals surface area contributed by atoms with Gasteiger partial charge in [0.15, 0.2) is 0 Å². The molecule has 1 saturated carbocycles. The first kappa shape index (κ1) is 19.1. The topological polar surface area (TPSA) is 81.1 Å². The minimum Gasteiger partial charge on any atom is -0.390 e. The van der Waals surface area contributed by atoms with E-state index in [9.17, 15) is 10.2 Å². The fourth-order valence-corrected chi connectivity index (χ4v) is 4.63. The molecular formula is C20H32N4O3. The Morgan fingerprint density at radius 1 is 1.11 bits per heavy atom. The molecule has 2 aliphatic heterocycles. The van der Waals surface area contributed by atoms with Crippen LogP contribution in [-0.2, 0) is 4.74 Å². The van der Waals surface area contributed by atoms with Crippen molar-refractivity contribution in [3.8, 4) is 0 Å². The van der Waals surface area contributed by atoms with Crippen LogP contribution < -0.4 is 10.2 Å². The minimum atomic E-state index is -0.728. The van der Waals surface area contributed by atoms with Crippen LogP contribution in [0.2, 0.25) is 0 Å². The normalized spacial score (nSPS) is 33.5. The Morgan fingerprint density at radius 2 is 1.85 bits per heavy atom. The van der Waals surface area contributed by atoms with E-state index in [1.165, 1.54) is 0 Å². The molecule has 4 rings (SSSR count). The zero-order valence-electron chi connectivity index (χ0n) is 16.1. The van der Waals surface area contributed by atoms with Crippen molar-refractivity contribution >= 4 is 5.82 Å². The molecule has 0 bridgehead atoms. The number of anilines is 1. The highest BCUT2D eigenvalue weighted by atomic mass is 16.5. The van der Waals surface area contributed by atoms with Crippen molar-refractivity contribution < 1.29 is 14.9 Å². The van der Waals surface area contributed by atoms with E-state index in [-0.39, 0.29) is 12.0 Å². The average molecular weight is 377 g/mol. The highest BCUT2D eigenvalue weighted by Gasteiger charge is 2.43. The molecule has 0 aromatic carbocycles. The summed E-state index contributed by atoms with van der Waals surface area (Å²) in [6.07, 6.45) is 3.24. The van der Waals surface area contributed by atoms with E-state index in [1.54, 1.807) is 0 Å². The van der Waals surface area contributed by atoms with Crippen molar-refractivity contribution in [2.24, 2.45) is 0 Å². The molecule has 1 aromatic rings. The smallest absolute Gasteiger partial charge is 0.128 e. The van der Waals surface area contributed by atoms with Gasteiger partial charge in [-0.15, -0.1) is 0 Å². The summed E-state index contributed by atoms with van der Waals surface area (Å²) in [5.41, 5.74) is 1.09. The number of morpholine rings is 1. The molecule has 1 aliphatic carbocycles. The molecule has 27 heavy (non-hydrogen) atoms. The van der Waals surface area contributed by atoms with E-state index in [0.29, 0.717) is 12.5 Å². The monoisotopic (exact) mass is 376 g/mol. The summed E-state index contributed by atoms with van der Waals surface area (Å²) in [6, 6.07) is 4.44. The molecule has 4 unspecified atom stereocenters. The van der Waals surface area contributed by atoms with Crippen molar-refractivity contribution in [1.82, 2.24) is 15.2 Å². The Balaban J connectivity index is 1.45. The Hall–Kier alpha value is -1.25. The third kappa shape index (κ3) is 4.27. The first-order chi connectivity index (χ1) is 13.1. The molecule has 1 aromatic heterocycles. The number of rotatable bonds is 4. The number of hydrogen-bond donors (Lipinski definition) is 3. The summed E-state index contributed by atoms with van der Waals surface area (Å²) in [5.74, 6) is 1.06. The van der Waals surface area contributed by atoms with Gasteiger partial charge < -0.3 is 30.1 Å². The number of piperidine rings is 1. The van der Waals surface area contributed by atoms with Crippen molar-refractivity contribution in [3.05, 3.63) is 23.9 Å². The van der Waals surface area contributed by atoms with Gasteiger partial charge in [-0.2, -0.15) is 0 Å². The second-order valence-corrected chi connectivity index (χ2v) is 8.22. The van der Waals surface area contributed by atoms with Crippen molar-refractivity contribution in [1.29, 1.82) is 0 Å². The maximum Gasteiger partial charge on any atom is 0.128 e. The number of nitrogens with one attached hydrogen (secondary N) is 1. The number of aromatic nitrogens is 1. The predicted octanol–water partition coefficient (Wildman–Crippen LogP) is 0.180. The summed E-state index contributed by atoms with van der Waals surface area (Å²) in [6.45, 7) is 5.37. The standard InChI is InChI=1S/C20H32N4O3/c1-23-6-4-15(5-7-23)22-19-16(12-17(25)20(19)26)14-2-3-18(21-13-14)24-8-10-27-11-9-24/h2-3,13,15-17,19-20,22,25-26H,4-12H2,1H3. The largest absolute Gasteiger partial charge is 0.390 e. The number of aliphatic hydroxyl groups excluding tert-OH is 2. The number of nitrogens with zero attached hydrogens (tertiary/aromatic N) is 3. The van der Waals surface area contributed by atoms with Gasteiger partial charge in [0.2, 0.25) is 0 Å². The van der Waals surface area contributed by atoms with E-state index < -0.39 is 12.2 Å². The lowest BCUT2D eigenvalue weighted by molar-refractivity contribution is 0.0262. The molecular weight excluding hydrogens is 344 g/mol. The Bertz CT molecular complexity index is 600. The molecule has 7 heteroatoms. The second kappa shape index (κ2) is 8.41. The van der Waals surface area contributed by atoms with Crippen LogP contribution in [0.3, 0.4) is 0 Å². The number of ether oxygens (including phenoxy) is 1. The van der Waals surface area contributed by atoms with Gasteiger partial charge in [0, 0.05) is 37.3 Å². The molecule has 3 heterocycles. The SMILES string of the molecule is CN1CCC(NC2C(c3ccc(N4CCOCC4)nc3)CC(O)C2O)CC1. The quantitative estimate of drug-likeness (QED) is 0.692. The molecule has 3 fully saturated rings. The second-order valence-electron chi connectivity index (χ2n) is 8.22. The van der Waals surface area contributed by atoms with Crippen LogP contribution in [0.15, 0.2) is 18.3 Å². The number of likely N-dealkylation sites (tertiary alicyclic amines) is 1. The van der Waals surface area contributed by atoms with Gasteiger partial charge in [0.05, 0.1) is 25.4 Å². The molecule has 2 saturated heterocycles. The summed E-state index contributed by atoms with van der Waals surface area (Å²) in [4.78, 5) is 9.23. The number of aliphatic hydroxyl groups is 2. The zero-order chi connectivity index (χ0) is 18.8. The fraction of sp³-hybridized carbons (Fsp3) is 0.750. The Kier molecular flexibility index (Phi) is 5.94. The van der Waals surface area contributed by atoms with E-state index in [1.807, 2.05) is 6.20 Å². The third-order valence-corrected chi connectivity index (χ3v) is 6.37. The Morgan fingerprint density at radius 3 is 2.52 bits per heavy atom. The molecule has 4 atom stereocenters. The zero-order valence-corrected chi connectivity index (χ0v) is 16.1. The highest BCUT2D eigenvalue weighted by molar-refractivity contribution is 5.41. The van der Waals surface area contributed by atoms with Crippen LogP contribution in [0.1, 0.15) is 30.7 Å². The van der Waals surface area contributed by atoms with Gasteiger partial charge in [-0.1, -0.05) is 6.07 Å². The van der Waals surface area contributed by atoms with Gasteiger partial charge >= 0.3 is 0 Å². The molecule has 150 valence electrons. The van der Waals surface area contributed by atoms with E-state index in [2.05, 4.69) is 39.3 Å². The first-order valence-corrected chi connectivity index (χ1v) is 10.2. The van der Waals surface area contributed by atoms with E-state index in [0.717, 1.165) is 63.6 Å². The minimum absolute atomic E-state index is 0.0842. The molecule has 0 radical (unpaired) electrons. The summed E-state index contributed by atoms with van der Waals surface area (Å²) in [5, 5.41) is 24.5. The van der Waals surface area contributed by atoms with Crippen LogP contribution in [0.4, 0.5) is 5.82 Å². The Labute approximate surface area is 161 Å². The fourth-order valence-electron chi connectivity index (χ4n) is 4.63.